The fraction of sp³-hybridized carbons (Fsp3) is 0.455. The van der Waals surface area contributed by atoms with Gasteiger partial charge in [0.1, 0.15) is 6.10 Å². The SMILES string of the molecule is COC(=O)C(C)(C)[C@@H](O)c1ccccn1. The highest BCUT2D eigenvalue weighted by molar-refractivity contribution is 5.76. The fourth-order valence-corrected chi connectivity index (χ4v) is 1.28. The predicted octanol–water partition coefficient (Wildman–Crippen LogP) is 1.31. The Morgan fingerprint density at radius 1 is 1.53 bits per heavy atom. The number of aliphatic hydroxyl groups is 1. The van der Waals surface area contributed by atoms with Gasteiger partial charge in [-0.2, -0.15) is 0 Å². The van der Waals surface area contributed by atoms with Crippen LogP contribution in [0.4, 0.5) is 0 Å². The molecule has 0 saturated heterocycles. The van der Waals surface area contributed by atoms with Gasteiger partial charge in [-0.05, 0) is 26.0 Å². The van der Waals surface area contributed by atoms with Crippen molar-refractivity contribution >= 4 is 5.97 Å². The third-order valence-corrected chi connectivity index (χ3v) is 2.36. The Labute approximate surface area is 88.9 Å². The molecule has 0 aliphatic rings. The van der Waals surface area contributed by atoms with Crippen molar-refractivity contribution in [3.8, 4) is 0 Å². The van der Waals surface area contributed by atoms with E-state index in [-0.39, 0.29) is 0 Å². The summed E-state index contributed by atoms with van der Waals surface area (Å²) in [6, 6.07) is 5.19. The molecule has 0 fully saturated rings. The molecule has 0 saturated carbocycles. The number of pyridine rings is 1. The minimum atomic E-state index is -0.997. The van der Waals surface area contributed by atoms with E-state index in [0.717, 1.165) is 0 Å². The van der Waals surface area contributed by atoms with E-state index in [2.05, 4.69) is 9.72 Å². The first-order valence-electron chi connectivity index (χ1n) is 4.67. The van der Waals surface area contributed by atoms with Crippen LogP contribution in [0.5, 0.6) is 0 Å². The molecule has 0 aromatic carbocycles. The summed E-state index contributed by atoms with van der Waals surface area (Å²) in [5.74, 6) is -0.458. The Morgan fingerprint density at radius 2 is 2.20 bits per heavy atom. The summed E-state index contributed by atoms with van der Waals surface area (Å²) >= 11 is 0. The number of hydrogen-bond acceptors (Lipinski definition) is 4. The molecular weight excluding hydrogens is 194 g/mol. The van der Waals surface area contributed by atoms with E-state index >= 15 is 0 Å². The summed E-state index contributed by atoms with van der Waals surface area (Å²) in [5.41, 5.74) is -0.531. The lowest BCUT2D eigenvalue weighted by molar-refractivity contribution is -0.157. The molecule has 15 heavy (non-hydrogen) atoms. The van der Waals surface area contributed by atoms with Crippen LogP contribution in [-0.4, -0.2) is 23.2 Å². The van der Waals surface area contributed by atoms with Crippen molar-refractivity contribution in [3.05, 3.63) is 30.1 Å². The Kier molecular flexibility index (Phi) is 3.42. The third-order valence-electron chi connectivity index (χ3n) is 2.36. The monoisotopic (exact) mass is 209 g/mol. The van der Waals surface area contributed by atoms with E-state index in [0.29, 0.717) is 5.69 Å². The van der Waals surface area contributed by atoms with E-state index in [1.165, 1.54) is 7.11 Å². The number of rotatable bonds is 3. The van der Waals surface area contributed by atoms with Crippen LogP contribution in [0.15, 0.2) is 24.4 Å². The van der Waals surface area contributed by atoms with Gasteiger partial charge in [0.2, 0.25) is 0 Å². The van der Waals surface area contributed by atoms with Crippen LogP contribution in [0.1, 0.15) is 25.6 Å². The normalized spacial score (nSPS) is 13.3. The van der Waals surface area contributed by atoms with Gasteiger partial charge in [-0.15, -0.1) is 0 Å². The van der Waals surface area contributed by atoms with Crippen molar-refractivity contribution in [1.82, 2.24) is 4.98 Å². The standard InChI is InChI=1S/C11H15NO3/c1-11(2,10(14)15-3)9(13)8-6-4-5-7-12-8/h4-7,9,13H,1-3H3/t9-/m0/s1. The average Bonchev–Trinajstić information content (AvgIpc) is 2.28. The highest BCUT2D eigenvalue weighted by Crippen LogP contribution is 2.33. The predicted molar refractivity (Wildman–Crippen MR) is 55.0 cm³/mol. The highest BCUT2D eigenvalue weighted by atomic mass is 16.5. The van der Waals surface area contributed by atoms with Gasteiger partial charge in [0.25, 0.3) is 0 Å². The lowest BCUT2D eigenvalue weighted by atomic mass is 9.84. The zero-order valence-corrected chi connectivity index (χ0v) is 9.10. The van der Waals surface area contributed by atoms with Crippen molar-refractivity contribution in [2.45, 2.75) is 20.0 Å². The molecule has 0 amide bonds. The van der Waals surface area contributed by atoms with E-state index in [4.69, 9.17) is 0 Å². The maximum absolute atomic E-state index is 11.4. The number of aliphatic hydroxyl groups excluding tert-OH is 1. The van der Waals surface area contributed by atoms with Crippen molar-refractivity contribution in [2.75, 3.05) is 7.11 Å². The average molecular weight is 209 g/mol. The Hall–Kier alpha value is -1.42. The zero-order valence-electron chi connectivity index (χ0n) is 9.10. The van der Waals surface area contributed by atoms with Crippen LogP contribution < -0.4 is 0 Å². The van der Waals surface area contributed by atoms with Gasteiger partial charge in [-0.3, -0.25) is 9.78 Å². The van der Waals surface area contributed by atoms with Crippen LogP contribution in [0.3, 0.4) is 0 Å². The third kappa shape index (κ3) is 2.33. The number of methoxy groups -OCH3 is 1. The molecule has 1 aromatic heterocycles. The number of hydrogen-bond donors (Lipinski definition) is 1. The first-order chi connectivity index (χ1) is 7.00. The van der Waals surface area contributed by atoms with Crippen LogP contribution in [0, 0.1) is 5.41 Å². The maximum Gasteiger partial charge on any atom is 0.314 e. The van der Waals surface area contributed by atoms with Gasteiger partial charge in [-0.25, -0.2) is 0 Å². The van der Waals surface area contributed by atoms with Gasteiger partial charge >= 0.3 is 5.97 Å². The lowest BCUT2D eigenvalue weighted by Crippen LogP contribution is -2.33. The molecule has 4 heteroatoms. The number of carbonyl (C=O) groups is 1. The molecule has 0 spiro atoms. The molecule has 0 bridgehead atoms. The smallest absolute Gasteiger partial charge is 0.314 e. The van der Waals surface area contributed by atoms with Crippen LogP contribution in [-0.2, 0) is 9.53 Å². The molecule has 0 aliphatic heterocycles. The summed E-state index contributed by atoms with van der Waals surface area (Å²) in [6.07, 6.45) is 0.609. The second kappa shape index (κ2) is 4.40. The van der Waals surface area contributed by atoms with E-state index in [1.807, 2.05) is 0 Å². The van der Waals surface area contributed by atoms with E-state index in [9.17, 15) is 9.90 Å². The summed E-state index contributed by atoms with van der Waals surface area (Å²) < 4.78 is 4.63. The summed E-state index contributed by atoms with van der Waals surface area (Å²) in [4.78, 5) is 15.4. The molecule has 0 aliphatic carbocycles. The molecule has 82 valence electrons. The summed E-state index contributed by atoms with van der Waals surface area (Å²) in [5, 5.41) is 9.99. The molecule has 1 heterocycles. The Balaban J connectivity index is 2.94. The van der Waals surface area contributed by atoms with Crippen LogP contribution in [0.2, 0.25) is 0 Å². The van der Waals surface area contributed by atoms with Gasteiger partial charge in [-0.1, -0.05) is 6.07 Å². The minimum absolute atomic E-state index is 0.458. The van der Waals surface area contributed by atoms with Gasteiger partial charge in [0.15, 0.2) is 0 Å². The Morgan fingerprint density at radius 3 is 2.67 bits per heavy atom. The largest absolute Gasteiger partial charge is 0.469 e. The molecule has 0 radical (unpaired) electrons. The molecule has 1 rings (SSSR count). The van der Waals surface area contributed by atoms with Crippen molar-refractivity contribution in [3.63, 3.8) is 0 Å². The van der Waals surface area contributed by atoms with Crippen LogP contribution in [0.25, 0.3) is 0 Å². The molecule has 1 aromatic rings. The van der Waals surface area contributed by atoms with Gasteiger partial charge in [0, 0.05) is 6.20 Å². The number of nitrogens with zero attached hydrogens (tertiary/aromatic N) is 1. The molecule has 4 nitrogen and oxygen atoms in total. The maximum atomic E-state index is 11.4. The first kappa shape index (κ1) is 11.7. The second-order valence-electron chi connectivity index (χ2n) is 3.87. The first-order valence-corrected chi connectivity index (χ1v) is 4.67. The quantitative estimate of drug-likeness (QED) is 0.762. The highest BCUT2D eigenvalue weighted by Gasteiger charge is 2.38. The topological polar surface area (TPSA) is 59.4 Å². The second-order valence-corrected chi connectivity index (χ2v) is 3.87. The van der Waals surface area contributed by atoms with Crippen LogP contribution >= 0.6 is 0 Å². The van der Waals surface area contributed by atoms with Crippen molar-refractivity contribution in [2.24, 2.45) is 5.41 Å². The molecule has 1 atom stereocenters. The van der Waals surface area contributed by atoms with Gasteiger partial charge < -0.3 is 9.84 Å². The summed E-state index contributed by atoms with van der Waals surface area (Å²) in [7, 11) is 1.30. The lowest BCUT2D eigenvalue weighted by Gasteiger charge is -2.26. The Bertz CT molecular complexity index is 335. The van der Waals surface area contributed by atoms with E-state index in [1.54, 1.807) is 38.2 Å². The molecule has 0 unspecified atom stereocenters. The molecular formula is C11H15NO3. The number of ether oxygens (including phenoxy) is 1. The zero-order chi connectivity index (χ0) is 11.5. The number of carbonyl (C=O) groups excluding carboxylic acids is 1. The number of esters is 1. The minimum Gasteiger partial charge on any atom is -0.469 e. The van der Waals surface area contributed by atoms with Crippen molar-refractivity contribution < 1.29 is 14.6 Å². The van der Waals surface area contributed by atoms with Crippen molar-refractivity contribution in [1.29, 1.82) is 0 Å². The summed E-state index contributed by atoms with van der Waals surface area (Å²) in [6.45, 7) is 3.25. The van der Waals surface area contributed by atoms with Gasteiger partial charge in [0.05, 0.1) is 18.2 Å². The van der Waals surface area contributed by atoms with E-state index < -0.39 is 17.5 Å². The number of aromatic nitrogens is 1. The fourth-order valence-electron chi connectivity index (χ4n) is 1.28. The molecule has 1 N–H and O–H groups in total.